The van der Waals surface area contributed by atoms with Gasteiger partial charge in [-0.05, 0) is 30.3 Å². The first-order valence-electron chi connectivity index (χ1n) is 5.92. The van der Waals surface area contributed by atoms with E-state index in [1.165, 1.54) is 12.2 Å². The maximum Gasteiger partial charge on any atom is 0.314 e. The topological polar surface area (TPSA) is 78.4 Å². The summed E-state index contributed by atoms with van der Waals surface area (Å²) in [6, 6.07) is -0.195. The number of urea groups is 1. The highest BCUT2D eigenvalue weighted by molar-refractivity contribution is 7.99. The van der Waals surface area contributed by atoms with Crippen LogP contribution in [-0.4, -0.2) is 41.7 Å². The van der Waals surface area contributed by atoms with E-state index in [1.54, 1.807) is 6.92 Å². The average Bonchev–Trinajstić information content (AvgIpc) is 2.78. The second-order valence-electron chi connectivity index (χ2n) is 4.39. The van der Waals surface area contributed by atoms with Gasteiger partial charge in [0.1, 0.15) is 0 Å². The molecule has 0 aromatic heterocycles. The molecule has 5 nitrogen and oxygen atoms in total. The minimum atomic E-state index is -0.824. The maximum absolute atomic E-state index is 11.4. The Morgan fingerprint density at radius 2 is 2.24 bits per heavy atom. The highest BCUT2D eigenvalue weighted by atomic mass is 32.2. The van der Waals surface area contributed by atoms with Gasteiger partial charge in [0.2, 0.25) is 0 Å². The van der Waals surface area contributed by atoms with Gasteiger partial charge < -0.3 is 15.7 Å². The lowest BCUT2D eigenvalue weighted by Gasteiger charge is -2.12. The smallest absolute Gasteiger partial charge is 0.314 e. The molecule has 17 heavy (non-hydrogen) atoms. The number of carbonyl (C=O) groups excluding carboxylic acids is 1. The summed E-state index contributed by atoms with van der Waals surface area (Å²) in [5.74, 6) is 1.65. The van der Waals surface area contributed by atoms with Crippen LogP contribution in [0.1, 0.15) is 19.8 Å². The fraction of sp³-hybridized carbons (Fsp3) is 0.818. The zero-order chi connectivity index (χ0) is 12.7. The molecule has 98 valence electrons. The zero-order valence-electron chi connectivity index (χ0n) is 10.1. The summed E-state index contributed by atoms with van der Waals surface area (Å²) in [6.45, 7) is 2.75. The van der Waals surface area contributed by atoms with E-state index in [-0.39, 0.29) is 6.03 Å². The van der Waals surface area contributed by atoms with Crippen molar-refractivity contribution in [2.75, 3.05) is 24.6 Å². The Balaban J connectivity index is 2.02. The molecule has 1 aliphatic rings. The van der Waals surface area contributed by atoms with Gasteiger partial charge in [0.05, 0.1) is 5.92 Å². The number of amides is 2. The van der Waals surface area contributed by atoms with Crippen LogP contribution in [-0.2, 0) is 4.79 Å². The molecule has 0 aliphatic carbocycles. The van der Waals surface area contributed by atoms with E-state index in [9.17, 15) is 9.59 Å². The lowest BCUT2D eigenvalue weighted by atomic mass is 10.1. The first-order valence-corrected chi connectivity index (χ1v) is 7.07. The molecular formula is C11H20N2O3S. The molecule has 0 aromatic rings. The average molecular weight is 260 g/mol. The van der Waals surface area contributed by atoms with Gasteiger partial charge in [-0.15, -0.1) is 0 Å². The summed E-state index contributed by atoms with van der Waals surface area (Å²) in [6.07, 6.45) is 1.63. The molecule has 1 fully saturated rings. The van der Waals surface area contributed by atoms with Crippen LogP contribution in [0.4, 0.5) is 4.79 Å². The monoisotopic (exact) mass is 260 g/mol. The van der Waals surface area contributed by atoms with E-state index in [2.05, 4.69) is 10.6 Å². The number of carboxylic acids is 1. The van der Waals surface area contributed by atoms with Crippen LogP contribution >= 0.6 is 11.8 Å². The second-order valence-corrected chi connectivity index (χ2v) is 5.54. The molecule has 0 radical (unpaired) electrons. The fourth-order valence-electron chi connectivity index (χ4n) is 1.57. The van der Waals surface area contributed by atoms with Crippen molar-refractivity contribution in [2.24, 2.45) is 11.8 Å². The summed E-state index contributed by atoms with van der Waals surface area (Å²) >= 11 is 1.92. The predicted octanol–water partition coefficient (Wildman–Crippen LogP) is 1.15. The zero-order valence-corrected chi connectivity index (χ0v) is 10.9. The van der Waals surface area contributed by atoms with Crippen molar-refractivity contribution < 1.29 is 14.7 Å². The van der Waals surface area contributed by atoms with Crippen LogP contribution in [0.3, 0.4) is 0 Å². The van der Waals surface area contributed by atoms with Gasteiger partial charge in [-0.3, -0.25) is 4.79 Å². The first kappa shape index (κ1) is 14.2. The Kier molecular flexibility index (Phi) is 6.18. The predicted molar refractivity (Wildman–Crippen MR) is 68.3 cm³/mol. The Morgan fingerprint density at radius 3 is 2.82 bits per heavy atom. The number of carboxylic acid groups (broad SMARTS) is 1. The van der Waals surface area contributed by atoms with Crippen LogP contribution in [0, 0.1) is 11.8 Å². The van der Waals surface area contributed by atoms with Crippen LogP contribution < -0.4 is 10.6 Å². The van der Waals surface area contributed by atoms with Crippen molar-refractivity contribution >= 4 is 23.8 Å². The van der Waals surface area contributed by atoms with Gasteiger partial charge in [-0.25, -0.2) is 4.79 Å². The molecule has 3 N–H and O–H groups in total. The van der Waals surface area contributed by atoms with Crippen LogP contribution in [0.25, 0.3) is 0 Å². The summed E-state index contributed by atoms with van der Waals surface area (Å²) in [5, 5.41) is 14.2. The van der Waals surface area contributed by atoms with Gasteiger partial charge in [0.25, 0.3) is 0 Å². The van der Waals surface area contributed by atoms with Gasteiger partial charge in [0, 0.05) is 13.1 Å². The molecule has 0 spiro atoms. The molecule has 1 saturated heterocycles. The minimum Gasteiger partial charge on any atom is -0.481 e. The summed E-state index contributed by atoms with van der Waals surface area (Å²) in [7, 11) is 0. The third-order valence-corrected chi connectivity index (χ3v) is 4.09. The number of aliphatic carboxylic acids is 1. The quantitative estimate of drug-likeness (QED) is 0.669. The molecular weight excluding hydrogens is 240 g/mol. The molecule has 1 rings (SSSR count). The van der Waals surface area contributed by atoms with Gasteiger partial charge in [0.15, 0.2) is 0 Å². The van der Waals surface area contributed by atoms with Crippen molar-refractivity contribution in [1.29, 1.82) is 0 Å². The van der Waals surface area contributed by atoms with E-state index >= 15 is 0 Å². The summed E-state index contributed by atoms with van der Waals surface area (Å²) in [4.78, 5) is 21.9. The summed E-state index contributed by atoms with van der Waals surface area (Å²) in [5.41, 5.74) is 0. The highest BCUT2D eigenvalue weighted by Crippen LogP contribution is 2.22. The first-order chi connectivity index (χ1) is 8.09. The Bertz CT molecular complexity index is 267. The van der Waals surface area contributed by atoms with Crippen molar-refractivity contribution in [3.8, 4) is 0 Å². The van der Waals surface area contributed by atoms with Crippen molar-refractivity contribution in [1.82, 2.24) is 10.6 Å². The number of carbonyl (C=O) groups is 2. The van der Waals surface area contributed by atoms with E-state index in [0.29, 0.717) is 25.4 Å². The van der Waals surface area contributed by atoms with Crippen molar-refractivity contribution in [3.05, 3.63) is 0 Å². The molecule has 1 aliphatic heterocycles. The number of rotatable bonds is 6. The Morgan fingerprint density at radius 1 is 1.47 bits per heavy atom. The van der Waals surface area contributed by atoms with E-state index < -0.39 is 11.9 Å². The number of thioether (sulfide) groups is 1. The summed E-state index contributed by atoms with van der Waals surface area (Å²) < 4.78 is 0. The normalized spacial score (nSPS) is 20.9. The largest absolute Gasteiger partial charge is 0.481 e. The lowest BCUT2D eigenvalue weighted by molar-refractivity contribution is -0.141. The molecule has 0 bridgehead atoms. The number of nitrogens with one attached hydrogen (secondary N) is 2. The molecule has 6 heteroatoms. The second kappa shape index (κ2) is 7.42. The van der Waals surface area contributed by atoms with E-state index in [4.69, 9.17) is 5.11 Å². The molecule has 0 aromatic carbocycles. The van der Waals surface area contributed by atoms with E-state index in [1.807, 2.05) is 11.8 Å². The number of hydrogen-bond acceptors (Lipinski definition) is 3. The van der Waals surface area contributed by atoms with Crippen LogP contribution in [0.5, 0.6) is 0 Å². The Labute approximate surface area is 106 Å². The molecule has 0 saturated carbocycles. The van der Waals surface area contributed by atoms with Crippen LogP contribution in [0.2, 0.25) is 0 Å². The fourth-order valence-corrected chi connectivity index (χ4v) is 2.85. The number of hydrogen-bond donors (Lipinski definition) is 3. The maximum atomic E-state index is 11.4. The third kappa shape index (κ3) is 5.81. The van der Waals surface area contributed by atoms with Gasteiger partial charge in [-0.1, -0.05) is 6.92 Å². The highest BCUT2D eigenvalue weighted by Gasteiger charge is 2.16. The van der Waals surface area contributed by atoms with E-state index in [0.717, 1.165) is 5.75 Å². The van der Waals surface area contributed by atoms with Gasteiger partial charge in [-0.2, -0.15) is 11.8 Å². The third-order valence-electron chi connectivity index (χ3n) is 2.86. The van der Waals surface area contributed by atoms with Crippen molar-refractivity contribution in [3.63, 3.8) is 0 Å². The molecule has 2 atom stereocenters. The minimum absolute atomic E-state index is 0.195. The van der Waals surface area contributed by atoms with Crippen molar-refractivity contribution in [2.45, 2.75) is 19.8 Å². The lowest BCUT2D eigenvalue weighted by Crippen LogP contribution is -2.39. The van der Waals surface area contributed by atoms with Gasteiger partial charge >= 0.3 is 12.0 Å². The molecule has 1 heterocycles. The SMILES string of the molecule is CC(CCNC(=O)NCC1CCSC1)C(=O)O. The van der Waals surface area contributed by atoms with Crippen LogP contribution in [0.15, 0.2) is 0 Å². The Hall–Kier alpha value is -0.910. The molecule has 2 unspecified atom stereocenters. The molecule has 2 amide bonds. The standard InChI is InChI=1S/C11H20N2O3S/c1-8(10(14)15)2-4-12-11(16)13-6-9-3-5-17-7-9/h8-9H,2-7H2,1H3,(H,14,15)(H2,12,13,16).